The van der Waals surface area contributed by atoms with Gasteiger partial charge < -0.3 is 4.90 Å². The van der Waals surface area contributed by atoms with Gasteiger partial charge in [0.1, 0.15) is 0 Å². The summed E-state index contributed by atoms with van der Waals surface area (Å²) in [5.74, 6) is -0.905. The van der Waals surface area contributed by atoms with Gasteiger partial charge in [-0.2, -0.15) is 0 Å². The molecule has 1 saturated heterocycles. The minimum absolute atomic E-state index is 0.0311. The zero-order chi connectivity index (χ0) is 23.6. The van der Waals surface area contributed by atoms with E-state index in [0.29, 0.717) is 30.6 Å². The average molecular weight is 470 g/mol. The lowest BCUT2D eigenvalue weighted by atomic mass is 9.97. The first kappa shape index (κ1) is 23.1. The highest BCUT2D eigenvalue weighted by atomic mass is 32.2. The summed E-state index contributed by atoms with van der Waals surface area (Å²) in [6, 6.07) is 14.3. The normalized spacial score (nSPS) is 18.5. The van der Waals surface area contributed by atoms with Crippen molar-refractivity contribution in [1.82, 2.24) is 14.5 Å². The number of amides is 3. The zero-order valence-corrected chi connectivity index (χ0v) is 19.3. The summed E-state index contributed by atoms with van der Waals surface area (Å²) in [6.45, 7) is 1.58. The number of benzene rings is 2. The van der Waals surface area contributed by atoms with E-state index in [-0.39, 0.29) is 42.3 Å². The molecule has 0 spiro atoms. The number of carbonyl (C=O) groups excluding carboxylic acids is 3. The molecule has 3 amide bonds. The van der Waals surface area contributed by atoms with E-state index in [4.69, 9.17) is 0 Å². The van der Waals surface area contributed by atoms with Gasteiger partial charge in [0.25, 0.3) is 17.7 Å². The first-order valence-corrected chi connectivity index (χ1v) is 12.9. The Balaban J connectivity index is 1.44. The molecule has 0 saturated carbocycles. The summed E-state index contributed by atoms with van der Waals surface area (Å²) in [7, 11) is -3.29. The number of imide groups is 1. The molecule has 2 aromatic carbocycles. The molecule has 1 fully saturated rings. The Kier molecular flexibility index (Phi) is 6.62. The van der Waals surface area contributed by atoms with Crippen LogP contribution in [0.1, 0.15) is 49.5 Å². The Hall–Kier alpha value is -3.04. The van der Waals surface area contributed by atoms with Crippen LogP contribution in [0.2, 0.25) is 0 Å². The van der Waals surface area contributed by atoms with Crippen LogP contribution >= 0.6 is 0 Å². The van der Waals surface area contributed by atoms with Gasteiger partial charge in [0.05, 0.1) is 17.4 Å². The van der Waals surface area contributed by atoms with Crippen molar-refractivity contribution in [2.45, 2.75) is 19.3 Å². The molecular weight excluding hydrogens is 442 g/mol. The molecule has 2 aromatic rings. The fourth-order valence-electron chi connectivity index (χ4n) is 4.38. The molecule has 1 N–H and O–H groups in total. The molecule has 0 bridgehead atoms. The molecule has 0 aliphatic carbocycles. The fourth-order valence-corrected chi connectivity index (χ4v) is 4.92. The Bertz CT molecular complexity index is 1180. The highest BCUT2D eigenvalue weighted by molar-refractivity contribution is 7.88. The van der Waals surface area contributed by atoms with Crippen LogP contribution < -0.4 is 4.72 Å². The first-order valence-electron chi connectivity index (χ1n) is 11.0. The van der Waals surface area contributed by atoms with Crippen LogP contribution in [-0.2, 0) is 16.4 Å². The average Bonchev–Trinajstić information content (AvgIpc) is 3.05. The molecule has 4 rings (SSSR count). The Morgan fingerprint density at radius 3 is 2.52 bits per heavy atom. The summed E-state index contributed by atoms with van der Waals surface area (Å²) in [5.41, 5.74) is 1.97. The highest BCUT2D eigenvalue weighted by Crippen LogP contribution is 2.26. The summed E-state index contributed by atoms with van der Waals surface area (Å²) in [5, 5.41) is 0. The standard InChI is InChI=1S/C24H27N3O5S/c1-33(31,32)25-15-18-8-5-12-26(16-18)22(28)19-9-10-20-21(14-19)24(30)27(23(20)29)13-11-17-6-3-2-4-7-17/h2-4,6-7,9-10,14,18,25H,5,8,11-13,15-16H2,1H3. The number of hydrogen-bond donors (Lipinski definition) is 1. The molecule has 2 aliphatic heterocycles. The SMILES string of the molecule is CS(=O)(=O)NCC1CCCN(C(=O)c2ccc3c(c2)C(=O)N(CCc2ccccc2)C3=O)C1. The van der Waals surface area contributed by atoms with E-state index < -0.39 is 10.0 Å². The Labute approximate surface area is 193 Å². The van der Waals surface area contributed by atoms with E-state index in [1.807, 2.05) is 30.3 Å². The second-order valence-electron chi connectivity index (χ2n) is 8.64. The number of nitrogens with zero attached hydrogens (tertiary/aromatic N) is 2. The lowest BCUT2D eigenvalue weighted by Gasteiger charge is -2.33. The molecule has 0 radical (unpaired) electrons. The molecular formula is C24H27N3O5S. The molecule has 0 aromatic heterocycles. The lowest BCUT2D eigenvalue weighted by molar-refractivity contribution is 0.0654. The van der Waals surface area contributed by atoms with Gasteiger partial charge in [0.15, 0.2) is 0 Å². The number of sulfonamides is 1. The highest BCUT2D eigenvalue weighted by Gasteiger charge is 2.36. The van der Waals surface area contributed by atoms with Crippen molar-refractivity contribution >= 4 is 27.7 Å². The van der Waals surface area contributed by atoms with Crippen molar-refractivity contribution in [2.75, 3.05) is 32.4 Å². The number of piperidine rings is 1. The number of carbonyl (C=O) groups is 3. The van der Waals surface area contributed by atoms with E-state index in [0.717, 1.165) is 24.7 Å². The van der Waals surface area contributed by atoms with Crippen LogP contribution in [0, 0.1) is 5.92 Å². The number of likely N-dealkylation sites (tertiary alicyclic amines) is 1. The molecule has 1 unspecified atom stereocenters. The van der Waals surface area contributed by atoms with Crippen molar-refractivity contribution in [2.24, 2.45) is 5.92 Å². The van der Waals surface area contributed by atoms with Gasteiger partial charge in [0, 0.05) is 31.7 Å². The Morgan fingerprint density at radius 1 is 1.06 bits per heavy atom. The molecule has 8 nitrogen and oxygen atoms in total. The maximum Gasteiger partial charge on any atom is 0.261 e. The molecule has 174 valence electrons. The minimum Gasteiger partial charge on any atom is -0.338 e. The third-order valence-corrected chi connectivity index (χ3v) is 6.82. The van der Waals surface area contributed by atoms with E-state index in [1.54, 1.807) is 17.0 Å². The minimum atomic E-state index is -3.29. The fraction of sp³-hybridized carbons (Fsp3) is 0.375. The summed E-state index contributed by atoms with van der Waals surface area (Å²) < 4.78 is 25.3. The van der Waals surface area contributed by atoms with Gasteiger partial charge >= 0.3 is 0 Å². The third-order valence-electron chi connectivity index (χ3n) is 6.12. The summed E-state index contributed by atoms with van der Waals surface area (Å²) >= 11 is 0. The van der Waals surface area contributed by atoms with Crippen LogP contribution in [0.5, 0.6) is 0 Å². The van der Waals surface area contributed by atoms with E-state index in [9.17, 15) is 22.8 Å². The predicted octanol–water partition coefficient (Wildman–Crippen LogP) is 1.93. The summed E-state index contributed by atoms with van der Waals surface area (Å²) in [4.78, 5) is 41.7. The van der Waals surface area contributed by atoms with Crippen molar-refractivity contribution in [3.05, 3.63) is 70.8 Å². The molecule has 2 aliphatic rings. The van der Waals surface area contributed by atoms with Crippen molar-refractivity contribution in [1.29, 1.82) is 0 Å². The van der Waals surface area contributed by atoms with Gasteiger partial charge in [-0.1, -0.05) is 30.3 Å². The number of hydrogen-bond acceptors (Lipinski definition) is 5. The van der Waals surface area contributed by atoms with E-state index >= 15 is 0 Å². The second-order valence-corrected chi connectivity index (χ2v) is 10.5. The quantitative estimate of drug-likeness (QED) is 0.624. The molecule has 2 heterocycles. The van der Waals surface area contributed by atoms with Gasteiger partial charge in [0.2, 0.25) is 10.0 Å². The van der Waals surface area contributed by atoms with Crippen LogP contribution in [-0.4, -0.2) is 68.4 Å². The van der Waals surface area contributed by atoms with Crippen molar-refractivity contribution in [3.8, 4) is 0 Å². The smallest absolute Gasteiger partial charge is 0.261 e. The predicted molar refractivity (Wildman–Crippen MR) is 123 cm³/mol. The largest absolute Gasteiger partial charge is 0.338 e. The summed E-state index contributed by atoms with van der Waals surface area (Å²) in [6.07, 6.45) is 3.29. The topological polar surface area (TPSA) is 104 Å². The lowest BCUT2D eigenvalue weighted by Crippen LogP contribution is -2.43. The van der Waals surface area contributed by atoms with Gasteiger partial charge in [-0.3, -0.25) is 19.3 Å². The molecule has 9 heteroatoms. The molecule has 33 heavy (non-hydrogen) atoms. The molecule has 1 atom stereocenters. The van der Waals surface area contributed by atoms with Crippen LogP contribution in [0.15, 0.2) is 48.5 Å². The zero-order valence-electron chi connectivity index (χ0n) is 18.5. The third kappa shape index (κ3) is 5.31. The first-order chi connectivity index (χ1) is 15.7. The Morgan fingerprint density at radius 2 is 1.79 bits per heavy atom. The van der Waals surface area contributed by atoms with Crippen LogP contribution in [0.25, 0.3) is 0 Å². The van der Waals surface area contributed by atoms with E-state index in [1.165, 1.54) is 11.0 Å². The second kappa shape index (κ2) is 9.44. The van der Waals surface area contributed by atoms with Crippen LogP contribution in [0.4, 0.5) is 0 Å². The number of fused-ring (bicyclic) bond motifs is 1. The van der Waals surface area contributed by atoms with Crippen LogP contribution in [0.3, 0.4) is 0 Å². The number of nitrogens with one attached hydrogen (secondary N) is 1. The van der Waals surface area contributed by atoms with Gasteiger partial charge in [-0.25, -0.2) is 13.1 Å². The number of rotatable bonds is 7. The monoisotopic (exact) mass is 469 g/mol. The van der Waals surface area contributed by atoms with Crippen molar-refractivity contribution in [3.63, 3.8) is 0 Å². The maximum atomic E-state index is 13.1. The van der Waals surface area contributed by atoms with E-state index in [2.05, 4.69) is 4.72 Å². The van der Waals surface area contributed by atoms with Crippen molar-refractivity contribution < 1.29 is 22.8 Å². The van der Waals surface area contributed by atoms with Gasteiger partial charge in [-0.05, 0) is 48.9 Å². The maximum absolute atomic E-state index is 13.1. The van der Waals surface area contributed by atoms with Gasteiger partial charge in [-0.15, -0.1) is 0 Å².